The maximum atomic E-state index is 13.2. The molecule has 0 aliphatic heterocycles. The molecule has 0 spiro atoms. The highest BCUT2D eigenvalue weighted by molar-refractivity contribution is 5.37. The van der Waals surface area contributed by atoms with Crippen LogP contribution in [0.4, 0.5) is 13.2 Å². The van der Waals surface area contributed by atoms with Crippen LogP contribution in [0, 0.1) is 17.5 Å². The van der Waals surface area contributed by atoms with Crippen molar-refractivity contribution in [3.63, 3.8) is 0 Å². The fourth-order valence-electron chi connectivity index (χ4n) is 1.78. The Bertz CT molecular complexity index is 562. The lowest BCUT2D eigenvalue weighted by Crippen LogP contribution is -2.34. The Balaban J connectivity index is 2.46. The van der Waals surface area contributed by atoms with Crippen molar-refractivity contribution in [2.24, 2.45) is 5.73 Å². The Hall–Kier alpha value is -1.81. The molecule has 1 atom stereocenters. The molecular formula is C14H12F3N. The first kappa shape index (κ1) is 12.6. The van der Waals surface area contributed by atoms with Crippen molar-refractivity contribution in [2.45, 2.75) is 12.5 Å². The molecule has 0 aromatic heterocycles. The van der Waals surface area contributed by atoms with E-state index in [1.54, 1.807) is 6.92 Å². The standard InChI is InChI=1S/C14H12F3N/c1-14(18,9-2-5-11(15)6-3-9)10-4-7-12(16)13(17)8-10/h2-8H,18H2,1H3. The molecule has 0 radical (unpaired) electrons. The Labute approximate surface area is 103 Å². The smallest absolute Gasteiger partial charge is 0.159 e. The minimum atomic E-state index is -1.01. The van der Waals surface area contributed by atoms with E-state index in [2.05, 4.69) is 0 Å². The molecule has 0 bridgehead atoms. The predicted octanol–water partition coefficient (Wildman–Crippen LogP) is 3.33. The van der Waals surface area contributed by atoms with Crippen LogP contribution in [0.2, 0.25) is 0 Å². The van der Waals surface area contributed by atoms with Gasteiger partial charge in [-0.05, 0) is 42.3 Å². The van der Waals surface area contributed by atoms with Crippen LogP contribution in [-0.4, -0.2) is 0 Å². The molecule has 0 saturated carbocycles. The molecule has 4 heteroatoms. The van der Waals surface area contributed by atoms with Crippen LogP contribution in [0.3, 0.4) is 0 Å². The highest BCUT2D eigenvalue weighted by Crippen LogP contribution is 2.27. The quantitative estimate of drug-likeness (QED) is 0.870. The second kappa shape index (κ2) is 4.46. The first-order valence-electron chi connectivity index (χ1n) is 5.42. The molecule has 0 aliphatic rings. The number of benzene rings is 2. The fraction of sp³-hybridized carbons (Fsp3) is 0.143. The van der Waals surface area contributed by atoms with Crippen LogP contribution < -0.4 is 5.73 Å². The van der Waals surface area contributed by atoms with Gasteiger partial charge in [0, 0.05) is 0 Å². The first-order chi connectivity index (χ1) is 8.41. The van der Waals surface area contributed by atoms with Gasteiger partial charge in [-0.15, -0.1) is 0 Å². The molecule has 18 heavy (non-hydrogen) atoms. The van der Waals surface area contributed by atoms with Gasteiger partial charge in [-0.1, -0.05) is 18.2 Å². The second-order valence-corrected chi connectivity index (χ2v) is 4.34. The van der Waals surface area contributed by atoms with Crippen molar-refractivity contribution in [3.05, 3.63) is 71.0 Å². The average Bonchev–Trinajstić information content (AvgIpc) is 2.33. The van der Waals surface area contributed by atoms with Gasteiger partial charge in [-0.2, -0.15) is 0 Å². The van der Waals surface area contributed by atoms with E-state index >= 15 is 0 Å². The molecule has 2 N–H and O–H groups in total. The maximum Gasteiger partial charge on any atom is 0.159 e. The number of rotatable bonds is 2. The average molecular weight is 251 g/mol. The Kier molecular flexibility index (Phi) is 3.13. The van der Waals surface area contributed by atoms with Gasteiger partial charge in [0.05, 0.1) is 5.54 Å². The fourth-order valence-corrected chi connectivity index (χ4v) is 1.78. The van der Waals surface area contributed by atoms with Gasteiger partial charge < -0.3 is 5.73 Å². The summed E-state index contributed by atoms with van der Waals surface area (Å²) >= 11 is 0. The van der Waals surface area contributed by atoms with Gasteiger partial charge in [-0.25, -0.2) is 13.2 Å². The summed E-state index contributed by atoms with van der Waals surface area (Å²) < 4.78 is 38.9. The molecule has 1 unspecified atom stereocenters. The lowest BCUT2D eigenvalue weighted by Gasteiger charge is -2.26. The molecule has 0 heterocycles. The molecular weight excluding hydrogens is 239 g/mol. The number of hydrogen-bond donors (Lipinski definition) is 1. The van der Waals surface area contributed by atoms with Crippen LogP contribution in [0.15, 0.2) is 42.5 Å². The van der Waals surface area contributed by atoms with Gasteiger partial charge in [-0.3, -0.25) is 0 Å². The molecule has 0 aliphatic carbocycles. The van der Waals surface area contributed by atoms with Crippen LogP contribution >= 0.6 is 0 Å². The number of nitrogens with two attached hydrogens (primary N) is 1. The molecule has 0 fully saturated rings. The molecule has 94 valence electrons. The summed E-state index contributed by atoms with van der Waals surface area (Å²) in [6.45, 7) is 1.66. The van der Waals surface area contributed by atoms with Gasteiger partial charge in [0.25, 0.3) is 0 Å². The maximum absolute atomic E-state index is 13.2. The lowest BCUT2D eigenvalue weighted by atomic mass is 9.85. The molecule has 2 aromatic carbocycles. The first-order valence-corrected chi connectivity index (χ1v) is 5.42. The van der Waals surface area contributed by atoms with E-state index in [0.717, 1.165) is 12.1 Å². The Morgan fingerprint density at radius 2 is 1.39 bits per heavy atom. The predicted molar refractivity (Wildman–Crippen MR) is 63.4 cm³/mol. The molecule has 2 aromatic rings. The Morgan fingerprint density at radius 1 is 0.833 bits per heavy atom. The summed E-state index contributed by atoms with van der Waals surface area (Å²) in [6, 6.07) is 9.10. The largest absolute Gasteiger partial charge is 0.318 e. The van der Waals surface area contributed by atoms with Gasteiger partial charge in [0.15, 0.2) is 11.6 Å². The number of hydrogen-bond acceptors (Lipinski definition) is 1. The van der Waals surface area contributed by atoms with Crippen LogP contribution in [-0.2, 0) is 5.54 Å². The lowest BCUT2D eigenvalue weighted by molar-refractivity contribution is 0.500. The van der Waals surface area contributed by atoms with E-state index in [0.29, 0.717) is 11.1 Å². The highest BCUT2D eigenvalue weighted by atomic mass is 19.2. The van der Waals surface area contributed by atoms with Crippen LogP contribution in [0.1, 0.15) is 18.1 Å². The van der Waals surface area contributed by atoms with E-state index in [1.165, 1.54) is 30.3 Å². The summed E-state index contributed by atoms with van der Waals surface area (Å²) in [7, 11) is 0. The minimum absolute atomic E-state index is 0.375. The van der Waals surface area contributed by atoms with Crippen molar-refractivity contribution >= 4 is 0 Å². The normalized spacial score (nSPS) is 14.3. The van der Waals surface area contributed by atoms with E-state index < -0.39 is 17.2 Å². The zero-order valence-electron chi connectivity index (χ0n) is 9.75. The monoisotopic (exact) mass is 251 g/mol. The molecule has 1 nitrogen and oxygen atoms in total. The topological polar surface area (TPSA) is 26.0 Å². The SMILES string of the molecule is CC(N)(c1ccc(F)cc1)c1ccc(F)c(F)c1. The summed E-state index contributed by atoms with van der Waals surface area (Å²) in [5, 5.41) is 0. The molecule has 2 rings (SSSR count). The van der Waals surface area contributed by atoms with E-state index in [-0.39, 0.29) is 5.82 Å². The van der Waals surface area contributed by atoms with E-state index in [9.17, 15) is 13.2 Å². The van der Waals surface area contributed by atoms with Crippen molar-refractivity contribution < 1.29 is 13.2 Å². The van der Waals surface area contributed by atoms with Crippen LogP contribution in [0.25, 0.3) is 0 Å². The van der Waals surface area contributed by atoms with Crippen LogP contribution in [0.5, 0.6) is 0 Å². The van der Waals surface area contributed by atoms with E-state index in [4.69, 9.17) is 5.73 Å². The van der Waals surface area contributed by atoms with Crippen molar-refractivity contribution in [2.75, 3.05) is 0 Å². The van der Waals surface area contributed by atoms with Gasteiger partial charge in [0.1, 0.15) is 5.82 Å². The van der Waals surface area contributed by atoms with Crippen molar-refractivity contribution in [3.8, 4) is 0 Å². The zero-order chi connectivity index (χ0) is 13.3. The summed E-state index contributed by atoms with van der Waals surface area (Å²) in [5.41, 5.74) is 6.15. The third-order valence-electron chi connectivity index (χ3n) is 2.96. The molecule has 0 amide bonds. The zero-order valence-corrected chi connectivity index (χ0v) is 9.75. The number of halogens is 3. The summed E-state index contributed by atoms with van der Waals surface area (Å²) in [5.74, 6) is -2.25. The second-order valence-electron chi connectivity index (χ2n) is 4.34. The molecule has 0 saturated heterocycles. The third kappa shape index (κ3) is 2.24. The van der Waals surface area contributed by atoms with E-state index in [1.807, 2.05) is 0 Å². The summed E-state index contributed by atoms with van der Waals surface area (Å²) in [6.07, 6.45) is 0. The van der Waals surface area contributed by atoms with Gasteiger partial charge in [0.2, 0.25) is 0 Å². The van der Waals surface area contributed by atoms with Gasteiger partial charge >= 0.3 is 0 Å². The van der Waals surface area contributed by atoms with Crippen molar-refractivity contribution in [1.29, 1.82) is 0 Å². The highest BCUT2D eigenvalue weighted by Gasteiger charge is 2.24. The Morgan fingerprint density at radius 3 is 1.94 bits per heavy atom. The minimum Gasteiger partial charge on any atom is -0.318 e. The third-order valence-corrected chi connectivity index (χ3v) is 2.96. The summed E-state index contributed by atoms with van der Waals surface area (Å²) in [4.78, 5) is 0. The van der Waals surface area contributed by atoms with Crippen molar-refractivity contribution in [1.82, 2.24) is 0 Å².